The van der Waals surface area contributed by atoms with Crippen LogP contribution in [0, 0.1) is 0 Å². The Hall–Kier alpha value is -3.26. The highest BCUT2D eigenvalue weighted by Gasteiger charge is 2.11. The molecule has 0 aliphatic heterocycles. The molecule has 0 spiro atoms. The molecular weight excluding hydrogens is 565 g/mol. The van der Waals surface area contributed by atoms with Crippen LogP contribution in [0.1, 0.15) is 16.7 Å². The summed E-state index contributed by atoms with van der Waals surface area (Å²) in [7, 11) is 1.61. The molecule has 6 nitrogen and oxygen atoms in total. The number of benzene rings is 3. The molecule has 1 amide bonds. The van der Waals surface area contributed by atoms with Gasteiger partial charge in [-0.2, -0.15) is 5.10 Å². The lowest BCUT2D eigenvalue weighted by atomic mass is 10.1. The number of aromatic nitrogens is 2. The third-order valence-corrected chi connectivity index (χ3v) is 6.34. The van der Waals surface area contributed by atoms with Crippen LogP contribution < -0.4 is 14.8 Å². The first-order chi connectivity index (χ1) is 17.4. The first-order valence-electron chi connectivity index (χ1n) is 10.9. The van der Waals surface area contributed by atoms with Crippen molar-refractivity contribution in [2.75, 3.05) is 12.4 Å². The van der Waals surface area contributed by atoms with Crippen LogP contribution in [-0.4, -0.2) is 22.8 Å². The molecule has 0 atom stereocenters. The summed E-state index contributed by atoms with van der Waals surface area (Å²) in [6.45, 7) is 0.767. The first kappa shape index (κ1) is 25.8. The van der Waals surface area contributed by atoms with Gasteiger partial charge in [0.2, 0.25) is 5.91 Å². The highest BCUT2D eigenvalue weighted by atomic mass is 79.9. The van der Waals surface area contributed by atoms with Crippen molar-refractivity contribution in [3.8, 4) is 11.5 Å². The van der Waals surface area contributed by atoms with Crippen molar-refractivity contribution in [2.45, 2.75) is 13.2 Å². The first-order valence-corrected chi connectivity index (χ1v) is 12.5. The Labute approximate surface area is 227 Å². The van der Waals surface area contributed by atoms with E-state index >= 15 is 0 Å². The van der Waals surface area contributed by atoms with E-state index in [0.717, 1.165) is 22.4 Å². The van der Waals surface area contributed by atoms with Crippen molar-refractivity contribution < 1.29 is 14.3 Å². The Kier molecular flexibility index (Phi) is 8.70. The van der Waals surface area contributed by atoms with E-state index < -0.39 is 0 Å². The maximum atomic E-state index is 12.6. The molecule has 3 aromatic carbocycles. The third-order valence-electron chi connectivity index (χ3n) is 5.18. The van der Waals surface area contributed by atoms with Gasteiger partial charge in [0.1, 0.15) is 18.1 Å². The number of hydrogen-bond donors (Lipinski definition) is 1. The highest BCUT2D eigenvalue weighted by molar-refractivity contribution is 9.10. The lowest BCUT2D eigenvalue weighted by molar-refractivity contribution is -0.111. The second-order valence-electron chi connectivity index (χ2n) is 7.75. The topological polar surface area (TPSA) is 65.4 Å². The van der Waals surface area contributed by atoms with Crippen LogP contribution in [0.25, 0.3) is 6.08 Å². The Bertz CT molecular complexity index is 1390. The van der Waals surface area contributed by atoms with Gasteiger partial charge in [0.05, 0.1) is 18.1 Å². The minimum absolute atomic E-state index is 0.316. The average Bonchev–Trinajstić information content (AvgIpc) is 3.22. The number of nitrogens with one attached hydrogen (secondary N) is 1. The van der Waals surface area contributed by atoms with Crippen LogP contribution in [0.15, 0.2) is 83.5 Å². The van der Waals surface area contributed by atoms with E-state index in [0.29, 0.717) is 39.2 Å². The van der Waals surface area contributed by atoms with Crippen LogP contribution in [0.3, 0.4) is 0 Å². The van der Waals surface area contributed by atoms with E-state index in [4.69, 9.17) is 32.7 Å². The standard InChI is InChI=1S/C27H22BrCl2N3O3/c1-35-25-11-7-18(13-20(25)17-36-22-5-3-2-4-6-22)8-12-26(34)31-27-23(28)16-33(32-27)15-19-9-10-21(29)14-24(19)30/h2-14,16H,15,17H2,1H3,(H,31,32,34)/b12-8+. The Morgan fingerprint density at radius 1 is 1.08 bits per heavy atom. The number of hydrogen-bond acceptors (Lipinski definition) is 4. The van der Waals surface area contributed by atoms with Crippen molar-refractivity contribution in [1.29, 1.82) is 0 Å². The predicted molar refractivity (Wildman–Crippen MR) is 147 cm³/mol. The number of nitrogens with zero attached hydrogens (tertiary/aromatic N) is 2. The van der Waals surface area contributed by atoms with E-state index in [2.05, 4.69) is 26.3 Å². The van der Waals surface area contributed by atoms with Gasteiger partial charge in [-0.25, -0.2) is 0 Å². The molecule has 36 heavy (non-hydrogen) atoms. The summed E-state index contributed by atoms with van der Waals surface area (Å²) < 4.78 is 13.6. The van der Waals surface area contributed by atoms with Gasteiger partial charge in [-0.05, 0) is 69.5 Å². The smallest absolute Gasteiger partial charge is 0.249 e. The van der Waals surface area contributed by atoms with Crippen molar-refractivity contribution in [3.05, 3.63) is 110 Å². The van der Waals surface area contributed by atoms with Gasteiger partial charge in [-0.3, -0.25) is 9.48 Å². The van der Waals surface area contributed by atoms with Gasteiger partial charge in [-0.15, -0.1) is 0 Å². The third kappa shape index (κ3) is 6.91. The molecule has 4 aromatic rings. The van der Waals surface area contributed by atoms with Gasteiger partial charge in [0.15, 0.2) is 5.82 Å². The fraction of sp³-hybridized carbons (Fsp3) is 0.111. The number of carbonyl (C=O) groups is 1. The SMILES string of the molecule is COc1ccc(/C=C/C(=O)Nc2nn(Cc3ccc(Cl)cc3Cl)cc2Br)cc1COc1ccccc1. The summed E-state index contributed by atoms with van der Waals surface area (Å²) in [4.78, 5) is 12.6. The quantitative estimate of drug-likeness (QED) is 0.210. The second-order valence-corrected chi connectivity index (χ2v) is 9.45. The van der Waals surface area contributed by atoms with Crippen molar-refractivity contribution >= 4 is 56.9 Å². The molecule has 1 aromatic heterocycles. The molecule has 0 bridgehead atoms. The Balaban J connectivity index is 1.40. The molecule has 0 radical (unpaired) electrons. The van der Waals surface area contributed by atoms with Gasteiger partial charge in [-0.1, -0.05) is 53.5 Å². The lowest BCUT2D eigenvalue weighted by Crippen LogP contribution is -2.10. The summed E-state index contributed by atoms with van der Waals surface area (Å²) in [5, 5.41) is 8.34. The molecule has 0 saturated carbocycles. The molecule has 0 unspecified atom stereocenters. The summed E-state index contributed by atoms with van der Waals surface area (Å²) >= 11 is 15.7. The Morgan fingerprint density at radius 2 is 1.89 bits per heavy atom. The number of halogens is 3. The number of ether oxygens (including phenoxy) is 2. The molecule has 0 saturated heterocycles. The molecule has 184 valence electrons. The fourth-order valence-corrected chi connectivity index (χ4v) is 4.29. The van der Waals surface area contributed by atoms with E-state index in [-0.39, 0.29) is 5.91 Å². The number of carbonyl (C=O) groups excluding carboxylic acids is 1. The minimum atomic E-state index is -0.316. The largest absolute Gasteiger partial charge is 0.496 e. The van der Waals surface area contributed by atoms with E-state index in [9.17, 15) is 4.79 Å². The molecule has 1 heterocycles. The molecule has 0 aliphatic rings. The molecule has 1 N–H and O–H groups in total. The Morgan fingerprint density at radius 3 is 2.64 bits per heavy atom. The van der Waals surface area contributed by atoms with Crippen LogP contribution in [0.4, 0.5) is 5.82 Å². The van der Waals surface area contributed by atoms with Crippen molar-refractivity contribution in [1.82, 2.24) is 9.78 Å². The number of para-hydroxylation sites is 1. The van der Waals surface area contributed by atoms with Crippen LogP contribution in [0.5, 0.6) is 11.5 Å². The van der Waals surface area contributed by atoms with E-state index in [1.807, 2.05) is 54.6 Å². The van der Waals surface area contributed by atoms with Crippen molar-refractivity contribution in [2.24, 2.45) is 0 Å². The molecule has 9 heteroatoms. The molecular formula is C27H22BrCl2N3O3. The average molecular weight is 587 g/mol. The monoisotopic (exact) mass is 585 g/mol. The second kappa shape index (κ2) is 12.1. The van der Waals surface area contributed by atoms with Gasteiger partial charge < -0.3 is 14.8 Å². The fourth-order valence-electron chi connectivity index (χ4n) is 3.41. The summed E-state index contributed by atoms with van der Waals surface area (Å²) in [6, 6.07) is 20.5. The predicted octanol–water partition coefficient (Wildman–Crippen LogP) is 7.24. The van der Waals surface area contributed by atoms with Crippen LogP contribution in [-0.2, 0) is 17.9 Å². The lowest BCUT2D eigenvalue weighted by Gasteiger charge is -2.11. The zero-order chi connectivity index (χ0) is 25.5. The van der Waals surface area contributed by atoms with Gasteiger partial charge >= 0.3 is 0 Å². The number of methoxy groups -OCH3 is 1. The maximum absolute atomic E-state index is 12.6. The van der Waals surface area contributed by atoms with Crippen LogP contribution in [0.2, 0.25) is 10.0 Å². The summed E-state index contributed by atoms with van der Waals surface area (Å²) in [5.74, 6) is 1.57. The van der Waals surface area contributed by atoms with Gasteiger partial charge in [0, 0.05) is 27.9 Å². The normalized spacial score (nSPS) is 11.0. The summed E-state index contributed by atoms with van der Waals surface area (Å²) in [5.41, 5.74) is 2.56. The minimum Gasteiger partial charge on any atom is -0.496 e. The molecule has 4 rings (SSSR count). The molecule has 0 aliphatic carbocycles. The summed E-state index contributed by atoms with van der Waals surface area (Å²) in [6.07, 6.45) is 4.94. The zero-order valence-corrected chi connectivity index (χ0v) is 22.3. The van der Waals surface area contributed by atoms with E-state index in [1.165, 1.54) is 6.08 Å². The maximum Gasteiger partial charge on any atom is 0.249 e. The zero-order valence-electron chi connectivity index (χ0n) is 19.3. The van der Waals surface area contributed by atoms with Gasteiger partial charge in [0.25, 0.3) is 0 Å². The van der Waals surface area contributed by atoms with Crippen LogP contribution >= 0.6 is 39.1 Å². The highest BCUT2D eigenvalue weighted by Crippen LogP contribution is 2.25. The number of anilines is 1. The number of rotatable bonds is 9. The molecule has 0 fully saturated rings. The van der Waals surface area contributed by atoms with E-state index in [1.54, 1.807) is 36.2 Å². The van der Waals surface area contributed by atoms with Crippen molar-refractivity contribution in [3.63, 3.8) is 0 Å². The number of amides is 1.